The Balaban J connectivity index is 1.53. The molecule has 1 aliphatic heterocycles. The van der Waals surface area contributed by atoms with Gasteiger partial charge in [0.15, 0.2) is 11.5 Å². The van der Waals surface area contributed by atoms with Gasteiger partial charge in [0.2, 0.25) is 5.91 Å². The maximum absolute atomic E-state index is 12.7. The van der Waals surface area contributed by atoms with Crippen LogP contribution in [0.25, 0.3) is 11.1 Å². The molecule has 0 saturated carbocycles. The monoisotopic (exact) mass is 407 g/mol. The summed E-state index contributed by atoms with van der Waals surface area (Å²) in [6.45, 7) is 5.69. The van der Waals surface area contributed by atoms with E-state index in [1.165, 1.54) is 4.90 Å². The molecule has 8 heteroatoms. The molecule has 3 heterocycles. The van der Waals surface area contributed by atoms with Crippen molar-refractivity contribution in [3.63, 3.8) is 0 Å². The number of thiophene rings is 1. The van der Waals surface area contributed by atoms with Gasteiger partial charge in [-0.25, -0.2) is 4.98 Å². The van der Waals surface area contributed by atoms with E-state index in [0.29, 0.717) is 28.8 Å². The minimum Gasteiger partial charge on any atom is -0.325 e. The van der Waals surface area contributed by atoms with Crippen LogP contribution in [0.2, 0.25) is 0 Å². The van der Waals surface area contributed by atoms with Gasteiger partial charge in [-0.2, -0.15) is 11.3 Å². The van der Waals surface area contributed by atoms with Crippen LogP contribution < -0.4 is 10.2 Å². The number of aromatic nitrogens is 2. The van der Waals surface area contributed by atoms with Crippen molar-refractivity contribution in [2.75, 3.05) is 24.3 Å². The van der Waals surface area contributed by atoms with E-state index in [9.17, 15) is 9.59 Å². The Morgan fingerprint density at radius 2 is 1.86 bits per heavy atom. The molecular weight excluding hydrogens is 386 g/mol. The Kier molecular flexibility index (Phi) is 4.71. The molecule has 2 aromatic heterocycles. The number of nitrogens with one attached hydrogen (secondary N) is 1. The number of hydrogen-bond donors (Lipinski definition) is 1. The molecule has 3 aromatic rings. The van der Waals surface area contributed by atoms with Crippen molar-refractivity contribution >= 4 is 34.7 Å². The minimum absolute atomic E-state index is 0.000342. The Labute approximate surface area is 172 Å². The molecule has 0 saturated heterocycles. The maximum Gasteiger partial charge on any atom is 0.279 e. The molecule has 1 aromatic carbocycles. The van der Waals surface area contributed by atoms with Crippen LogP contribution in [0.3, 0.4) is 0 Å². The summed E-state index contributed by atoms with van der Waals surface area (Å²) in [5, 5.41) is 7.01. The molecule has 0 radical (unpaired) electrons. The third-order valence-electron chi connectivity index (χ3n) is 5.06. The summed E-state index contributed by atoms with van der Waals surface area (Å²) >= 11 is 1.65. The first kappa shape index (κ1) is 18.9. The first-order valence-corrected chi connectivity index (χ1v) is 10.0. The quantitative estimate of drug-likeness (QED) is 0.718. The molecule has 2 amide bonds. The summed E-state index contributed by atoms with van der Waals surface area (Å²) in [6.07, 6.45) is 0. The molecule has 0 spiro atoms. The summed E-state index contributed by atoms with van der Waals surface area (Å²) in [6, 6.07) is 9.75. The van der Waals surface area contributed by atoms with Crippen LogP contribution in [-0.2, 0) is 11.3 Å². The van der Waals surface area contributed by atoms with E-state index in [4.69, 9.17) is 0 Å². The first-order chi connectivity index (χ1) is 13.9. The Morgan fingerprint density at radius 3 is 2.52 bits per heavy atom. The van der Waals surface area contributed by atoms with Gasteiger partial charge in [0.25, 0.3) is 5.91 Å². The van der Waals surface area contributed by atoms with Crippen LogP contribution in [0.4, 0.5) is 11.5 Å². The number of hydrogen-bond acceptors (Lipinski definition) is 5. The highest BCUT2D eigenvalue weighted by atomic mass is 32.1. The maximum atomic E-state index is 12.7. The van der Waals surface area contributed by atoms with Gasteiger partial charge >= 0.3 is 0 Å². The lowest BCUT2D eigenvalue weighted by molar-refractivity contribution is -0.116. The topological polar surface area (TPSA) is 70.5 Å². The van der Waals surface area contributed by atoms with Crippen LogP contribution in [0.15, 0.2) is 53.5 Å². The van der Waals surface area contributed by atoms with E-state index >= 15 is 0 Å². The standard InChI is InChI=1S/C21H21N5O2S/c1-13-22-20-19(21(28)25(4)14(2)24(20)3)26(13)11-18(27)23-17-7-5-15(6-8-17)16-9-10-29-12-16/h5-10,12H,2,11H2,1,3-4H3,(H,23,27). The van der Waals surface area contributed by atoms with Gasteiger partial charge in [0.1, 0.15) is 18.2 Å². The van der Waals surface area contributed by atoms with Crippen LogP contribution in [-0.4, -0.2) is 40.4 Å². The Hall–Kier alpha value is -3.39. The number of carbonyl (C=O) groups excluding carboxylic acids is 2. The smallest absolute Gasteiger partial charge is 0.279 e. The summed E-state index contributed by atoms with van der Waals surface area (Å²) in [7, 11) is 3.46. The lowest BCUT2D eigenvalue weighted by Crippen LogP contribution is -2.41. The molecule has 0 aliphatic carbocycles. The van der Waals surface area contributed by atoms with E-state index in [2.05, 4.69) is 28.3 Å². The fourth-order valence-corrected chi connectivity index (χ4v) is 3.99. The van der Waals surface area contributed by atoms with E-state index in [-0.39, 0.29) is 18.4 Å². The van der Waals surface area contributed by atoms with Crippen LogP contribution >= 0.6 is 11.3 Å². The lowest BCUT2D eigenvalue weighted by atomic mass is 10.1. The van der Waals surface area contributed by atoms with Crippen LogP contribution in [0.5, 0.6) is 0 Å². The van der Waals surface area contributed by atoms with Gasteiger partial charge < -0.3 is 14.8 Å². The van der Waals surface area contributed by atoms with Gasteiger partial charge in [-0.15, -0.1) is 0 Å². The number of rotatable bonds is 4. The highest BCUT2D eigenvalue weighted by molar-refractivity contribution is 7.08. The molecule has 0 unspecified atom stereocenters. The number of nitrogens with zero attached hydrogens (tertiary/aromatic N) is 4. The zero-order valence-electron chi connectivity index (χ0n) is 16.5. The largest absolute Gasteiger partial charge is 0.325 e. The Bertz CT molecular complexity index is 1100. The van der Waals surface area contributed by atoms with Crippen molar-refractivity contribution < 1.29 is 9.59 Å². The number of benzene rings is 1. The fraction of sp³-hybridized carbons (Fsp3) is 0.190. The van der Waals surface area contributed by atoms with Crippen molar-refractivity contribution in [2.45, 2.75) is 13.5 Å². The molecule has 7 nitrogen and oxygen atoms in total. The number of fused-ring (bicyclic) bond motifs is 1. The van der Waals surface area contributed by atoms with Gasteiger partial charge in [-0.1, -0.05) is 18.7 Å². The van der Waals surface area contributed by atoms with Gasteiger partial charge in [-0.05, 0) is 47.0 Å². The molecule has 148 valence electrons. The second-order valence-electron chi connectivity index (χ2n) is 6.89. The van der Waals surface area contributed by atoms with Crippen LogP contribution in [0, 0.1) is 6.92 Å². The SMILES string of the molecule is C=C1N(C)C(=O)c2c(nc(C)n2CC(=O)Nc2ccc(-c3ccsc3)cc2)N1C. The molecule has 0 bridgehead atoms. The number of amides is 2. The number of carbonyl (C=O) groups is 2. The van der Waals surface area contributed by atoms with Crippen LogP contribution in [0.1, 0.15) is 16.3 Å². The second kappa shape index (κ2) is 7.21. The molecule has 1 aliphatic rings. The third kappa shape index (κ3) is 3.31. The predicted molar refractivity (Wildman–Crippen MR) is 115 cm³/mol. The summed E-state index contributed by atoms with van der Waals surface area (Å²) in [5.74, 6) is 1.21. The van der Waals surface area contributed by atoms with Gasteiger partial charge in [0.05, 0.1) is 0 Å². The van der Waals surface area contributed by atoms with Crippen molar-refractivity contribution in [1.82, 2.24) is 14.5 Å². The average Bonchev–Trinajstić information content (AvgIpc) is 3.34. The zero-order chi connectivity index (χ0) is 20.7. The number of aryl methyl sites for hydroxylation is 1. The van der Waals surface area contributed by atoms with Gasteiger partial charge in [-0.3, -0.25) is 14.5 Å². The highest BCUT2D eigenvalue weighted by Crippen LogP contribution is 2.30. The summed E-state index contributed by atoms with van der Waals surface area (Å²) in [5.41, 5.74) is 3.35. The van der Waals surface area contributed by atoms with Crippen molar-refractivity contribution in [3.8, 4) is 11.1 Å². The normalized spacial score (nSPS) is 13.6. The summed E-state index contributed by atoms with van der Waals surface area (Å²) in [4.78, 5) is 33.1. The molecule has 1 N–H and O–H groups in total. The molecule has 0 atom stereocenters. The lowest BCUT2D eigenvalue weighted by Gasteiger charge is -2.32. The fourth-order valence-electron chi connectivity index (χ4n) is 3.33. The minimum atomic E-state index is -0.225. The van der Waals surface area contributed by atoms with E-state index < -0.39 is 0 Å². The second-order valence-corrected chi connectivity index (χ2v) is 7.67. The predicted octanol–water partition coefficient (Wildman–Crippen LogP) is 3.55. The van der Waals surface area contributed by atoms with E-state index in [1.807, 2.05) is 29.6 Å². The molecule has 29 heavy (non-hydrogen) atoms. The average molecular weight is 407 g/mol. The zero-order valence-corrected chi connectivity index (χ0v) is 17.3. The van der Waals surface area contributed by atoms with E-state index in [1.54, 1.807) is 41.8 Å². The van der Waals surface area contributed by atoms with Crippen molar-refractivity contribution in [1.29, 1.82) is 0 Å². The third-order valence-corrected chi connectivity index (χ3v) is 5.75. The van der Waals surface area contributed by atoms with Crippen molar-refractivity contribution in [2.24, 2.45) is 0 Å². The highest BCUT2D eigenvalue weighted by Gasteiger charge is 2.34. The van der Waals surface area contributed by atoms with Gasteiger partial charge in [0, 0.05) is 19.8 Å². The molecule has 0 fully saturated rings. The summed E-state index contributed by atoms with van der Waals surface area (Å²) < 4.78 is 1.65. The number of imidazole rings is 1. The Morgan fingerprint density at radius 1 is 1.14 bits per heavy atom. The number of anilines is 2. The van der Waals surface area contributed by atoms with E-state index in [0.717, 1.165) is 11.1 Å². The first-order valence-electron chi connectivity index (χ1n) is 9.07. The van der Waals surface area contributed by atoms with Crippen molar-refractivity contribution in [3.05, 3.63) is 65.0 Å². The molecular formula is C21H21N5O2S. The molecule has 4 rings (SSSR count).